The molecule has 0 radical (unpaired) electrons. The molecule has 0 heterocycles. The van der Waals surface area contributed by atoms with Gasteiger partial charge in [0.15, 0.2) is 0 Å². The van der Waals surface area contributed by atoms with E-state index in [-0.39, 0.29) is 11.9 Å². The van der Waals surface area contributed by atoms with Crippen molar-refractivity contribution >= 4 is 5.91 Å². The van der Waals surface area contributed by atoms with E-state index in [2.05, 4.69) is 17.2 Å². The lowest BCUT2D eigenvalue weighted by atomic mass is 10.1. The van der Waals surface area contributed by atoms with Crippen LogP contribution < -0.4 is 10.6 Å². The molecule has 1 aliphatic carbocycles. The van der Waals surface area contributed by atoms with Crippen LogP contribution in [-0.2, 0) is 9.53 Å². The molecule has 0 spiro atoms. The number of rotatable bonds is 5. The first-order chi connectivity index (χ1) is 8.60. The van der Waals surface area contributed by atoms with Crippen molar-refractivity contribution in [2.75, 3.05) is 14.2 Å². The zero-order valence-electron chi connectivity index (χ0n) is 11.1. The van der Waals surface area contributed by atoms with Gasteiger partial charge < -0.3 is 15.4 Å². The first kappa shape index (κ1) is 14.1. The van der Waals surface area contributed by atoms with Crippen LogP contribution in [0.2, 0.25) is 0 Å². The normalized spacial score (nSPS) is 18.9. The summed E-state index contributed by atoms with van der Waals surface area (Å²) in [6.45, 7) is 5.49. The fourth-order valence-electron chi connectivity index (χ4n) is 1.72. The highest BCUT2D eigenvalue weighted by Gasteiger charge is 2.15. The van der Waals surface area contributed by atoms with E-state index in [1.807, 2.05) is 24.3 Å². The van der Waals surface area contributed by atoms with Crippen molar-refractivity contribution in [3.8, 4) is 0 Å². The summed E-state index contributed by atoms with van der Waals surface area (Å²) in [5, 5.41) is 5.87. The molecule has 0 bridgehead atoms. The van der Waals surface area contributed by atoms with Gasteiger partial charge in [0, 0.05) is 12.6 Å². The number of hydrogen-bond donors (Lipinski definition) is 2. The summed E-state index contributed by atoms with van der Waals surface area (Å²) in [5.41, 5.74) is 1.18. The first-order valence-electron chi connectivity index (χ1n) is 5.86. The molecule has 0 aliphatic heterocycles. The van der Waals surface area contributed by atoms with Crippen LogP contribution in [0.4, 0.5) is 0 Å². The summed E-state index contributed by atoms with van der Waals surface area (Å²) in [4.78, 5) is 12.1. The SMILES string of the molecule is C=C(OC)/C(NC)=C(/C)C(=O)NC1C=CC=CC1. The van der Waals surface area contributed by atoms with Crippen molar-refractivity contribution in [3.63, 3.8) is 0 Å². The maximum atomic E-state index is 12.1. The molecule has 0 aromatic rings. The molecular formula is C14H20N2O2. The van der Waals surface area contributed by atoms with E-state index in [0.717, 1.165) is 6.42 Å². The highest BCUT2D eigenvalue weighted by molar-refractivity contribution is 5.94. The number of carbonyl (C=O) groups is 1. The monoisotopic (exact) mass is 248 g/mol. The number of carbonyl (C=O) groups excluding carboxylic acids is 1. The van der Waals surface area contributed by atoms with Crippen molar-refractivity contribution in [1.29, 1.82) is 0 Å². The number of nitrogens with one attached hydrogen (secondary N) is 2. The average molecular weight is 248 g/mol. The van der Waals surface area contributed by atoms with Crippen molar-refractivity contribution in [3.05, 3.63) is 47.9 Å². The van der Waals surface area contributed by atoms with Gasteiger partial charge in [-0.3, -0.25) is 4.79 Å². The second-order valence-electron chi connectivity index (χ2n) is 4.01. The highest BCUT2D eigenvalue weighted by Crippen LogP contribution is 2.12. The summed E-state index contributed by atoms with van der Waals surface area (Å²) in [7, 11) is 3.26. The fraction of sp³-hybridized carbons (Fsp3) is 0.357. The number of ether oxygens (including phenoxy) is 1. The first-order valence-corrected chi connectivity index (χ1v) is 5.86. The van der Waals surface area contributed by atoms with Crippen molar-refractivity contribution in [1.82, 2.24) is 10.6 Å². The molecule has 1 aliphatic rings. The van der Waals surface area contributed by atoms with E-state index >= 15 is 0 Å². The van der Waals surface area contributed by atoms with Crippen LogP contribution in [0.3, 0.4) is 0 Å². The Bertz CT molecular complexity index is 420. The van der Waals surface area contributed by atoms with E-state index < -0.39 is 0 Å². The molecule has 1 rings (SSSR count). The third-order valence-corrected chi connectivity index (χ3v) is 2.79. The van der Waals surface area contributed by atoms with E-state index in [9.17, 15) is 4.79 Å². The smallest absolute Gasteiger partial charge is 0.249 e. The summed E-state index contributed by atoms with van der Waals surface area (Å²) >= 11 is 0. The molecule has 0 aromatic heterocycles. The van der Waals surface area contributed by atoms with E-state index in [0.29, 0.717) is 17.0 Å². The van der Waals surface area contributed by atoms with Crippen molar-refractivity contribution in [2.24, 2.45) is 0 Å². The predicted molar refractivity (Wildman–Crippen MR) is 72.7 cm³/mol. The van der Waals surface area contributed by atoms with Crippen LogP contribution in [-0.4, -0.2) is 26.1 Å². The van der Waals surface area contributed by atoms with Crippen LogP contribution in [0.15, 0.2) is 47.9 Å². The van der Waals surface area contributed by atoms with Gasteiger partial charge in [0.05, 0.1) is 18.8 Å². The predicted octanol–water partition coefficient (Wildman–Crippen LogP) is 1.64. The minimum absolute atomic E-state index is 0.0476. The van der Waals surface area contributed by atoms with Crippen LogP contribution in [0.25, 0.3) is 0 Å². The Morgan fingerprint density at radius 3 is 2.67 bits per heavy atom. The molecule has 1 amide bonds. The Morgan fingerprint density at radius 2 is 2.17 bits per heavy atom. The molecule has 2 N–H and O–H groups in total. The maximum Gasteiger partial charge on any atom is 0.249 e. The maximum absolute atomic E-state index is 12.1. The molecule has 1 atom stereocenters. The zero-order valence-corrected chi connectivity index (χ0v) is 11.1. The molecule has 0 saturated heterocycles. The summed E-state index contributed by atoms with van der Waals surface area (Å²) in [6.07, 6.45) is 8.71. The van der Waals surface area contributed by atoms with E-state index in [4.69, 9.17) is 4.74 Å². The molecule has 4 heteroatoms. The summed E-state index contributed by atoms with van der Waals surface area (Å²) < 4.78 is 5.04. The fourth-order valence-corrected chi connectivity index (χ4v) is 1.72. The summed E-state index contributed by atoms with van der Waals surface area (Å²) in [5.74, 6) is 0.326. The van der Waals surface area contributed by atoms with Gasteiger partial charge in [-0.25, -0.2) is 0 Å². The van der Waals surface area contributed by atoms with Gasteiger partial charge >= 0.3 is 0 Å². The highest BCUT2D eigenvalue weighted by atomic mass is 16.5. The van der Waals surface area contributed by atoms with Crippen LogP contribution in [0.5, 0.6) is 0 Å². The standard InChI is InChI=1S/C14H20N2O2/c1-10(13(15-3)11(2)18-4)14(17)16-12-8-6-5-7-9-12/h5-8,12,15H,2,9H2,1,3-4H3,(H,16,17)/b13-10+. The zero-order chi connectivity index (χ0) is 13.5. The van der Waals surface area contributed by atoms with Crippen LogP contribution in [0.1, 0.15) is 13.3 Å². The Kier molecular flexibility index (Phi) is 5.24. The quantitative estimate of drug-likeness (QED) is 0.442. The molecule has 98 valence electrons. The third-order valence-electron chi connectivity index (χ3n) is 2.79. The molecule has 0 aromatic carbocycles. The number of likely N-dealkylation sites (N-methyl/N-ethyl adjacent to an activating group) is 1. The number of allylic oxidation sites excluding steroid dienone is 2. The average Bonchev–Trinajstić information content (AvgIpc) is 2.40. The largest absolute Gasteiger partial charge is 0.495 e. The molecule has 0 saturated carbocycles. The Hall–Kier alpha value is -1.97. The Morgan fingerprint density at radius 1 is 1.44 bits per heavy atom. The minimum atomic E-state index is -0.123. The third kappa shape index (κ3) is 3.52. The summed E-state index contributed by atoms with van der Waals surface area (Å²) in [6, 6.07) is 0.0476. The van der Waals surface area contributed by atoms with Gasteiger partial charge in [-0.15, -0.1) is 0 Å². The second kappa shape index (κ2) is 6.69. The van der Waals surface area contributed by atoms with Gasteiger partial charge in [-0.05, 0) is 13.3 Å². The second-order valence-corrected chi connectivity index (χ2v) is 4.01. The Labute approximate surface area is 108 Å². The van der Waals surface area contributed by atoms with Crippen molar-refractivity contribution in [2.45, 2.75) is 19.4 Å². The van der Waals surface area contributed by atoms with Crippen LogP contribution >= 0.6 is 0 Å². The number of amides is 1. The van der Waals surface area contributed by atoms with E-state index in [1.54, 1.807) is 14.0 Å². The van der Waals surface area contributed by atoms with Gasteiger partial charge in [-0.1, -0.05) is 30.9 Å². The lowest BCUT2D eigenvalue weighted by Gasteiger charge is -2.18. The topological polar surface area (TPSA) is 50.4 Å². The van der Waals surface area contributed by atoms with E-state index in [1.165, 1.54) is 7.11 Å². The number of methoxy groups -OCH3 is 1. The molecule has 1 unspecified atom stereocenters. The molecule has 18 heavy (non-hydrogen) atoms. The lowest BCUT2D eigenvalue weighted by molar-refractivity contribution is -0.117. The van der Waals surface area contributed by atoms with Gasteiger partial charge in [0.1, 0.15) is 5.76 Å². The van der Waals surface area contributed by atoms with Crippen LogP contribution in [0, 0.1) is 0 Å². The molecule has 0 fully saturated rings. The van der Waals surface area contributed by atoms with Gasteiger partial charge in [0.25, 0.3) is 0 Å². The number of hydrogen-bond acceptors (Lipinski definition) is 3. The van der Waals surface area contributed by atoms with Gasteiger partial charge in [-0.2, -0.15) is 0 Å². The minimum Gasteiger partial charge on any atom is -0.495 e. The molecule has 4 nitrogen and oxygen atoms in total. The van der Waals surface area contributed by atoms with Crippen molar-refractivity contribution < 1.29 is 9.53 Å². The molecular weight excluding hydrogens is 228 g/mol. The lowest BCUT2D eigenvalue weighted by Crippen LogP contribution is -2.35. The van der Waals surface area contributed by atoms with Gasteiger partial charge in [0.2, 0.25) is 5.91 Å². The Balaban J connectivity index is 2.75.